The van der Waals surface area contributed by atoms with E-state index in [9.17, 15) is 17.6 Å². The molecule has 4 aliphatic heterocycles. The number of pyridine rings is 1. The summed E-state index contributed by atoms with van der Waals surface area (Å²) in [6.07, 6.45) is -2.85. The Balaban J connectivity index is 1.43. The zero-order valence-corrected chi connectivity index (χ0v) is 27.4. The Morgan fingerprint density at radius 2 is 1.96 bits per heavy atom. The number of rotatable bonds is 8. The zero-order valence-electron chi connectivity index (χ0n) is 26.7. The molecule has 260 valence electrons. The highest BCUT2D eigenvalue weighted by atomic mass is 35.5. The van der Waals surface area contributed by atoms with Crippen molar-refractivity contribution in [2.75, 3.05) is 77.3 Å². The summed E-state index contributed by atoms with van der Waals surface area (Å²) in [6.45, 7) is 3.24. The van der Waals surface area contributed by atoms with Crippen LogP contribution in [0.3, 0.4) is 0 Å². The van der Waals surface area contributed by atoms with E-state index in [0.29, 0.717) is 45.6 Å². The van der Waals surface area contributed by atoms with Gasteiger partial charge in [-0.2, -0.15) is 23.1 Å². The summed E-state index contributed by atoms with van der Waals surface area (Å²) in [5, 5.41) is -0.592. The number of hydrogen-bond donors (Lipinski definition) is 1. The molecule has 1 aromatic carbocycles. The predicted molar refractivity (Wildman–Crippen MR) is 170 cm³/mol. The van der Waals surface area contributed by atoms with Gasteiger partial charge < -0.3 is 29.7 Å². The highest BCUT2D eigenvalue weighted by molar-refractivity contribution is 6.32. The average Bonchev–Trinajstić information content (AvgIpc) is 3.50. The molecule has 48 heavy (non-hydrogen) atoms. The number of ether oxygens (including phenoxy) is 3. The summed E-state index contributed by atoms with van der Waals surface area (Å²) < 4.78 is 92.4. The topological polar surface area (TPSA) is 102 Å². The Hall–Kier alpha value is -3.27. The van der Waals surface area contributed by atoms with Gasteiger partial charge >= 0.3 is 12.2 Å². The minimum absolute atomic E-state index is 0.0687. The molecule has 6 heterocycles. The van der Waals surface area contributed by atoms with Crippen molar-refractivity contribution in [3.05, 3.63) is 28.5 Å². The molecular formula is C32H37ClF5N7O3. The second-order valence-electron chi connectivity index (χ2n) is 13.5. The number of aromatic nitrogens is 3. The van der Waals surface area contributed by atoms with Crippen LogP contribution < -0.4 is 20.1 Å². The van der Waals surface area contributed by atoms with E-state index >= 15 is 4.39 Å². The third-order valence-corrected chi connectivity index (χ3v) is 10.3. The standard InChI is InChI=1S/C32H37ClF5N7O3/c1-43(2)7-4-9-45-27-22-26(41-29(42-27)48-17-30-5-3-8-44(30)14-18(34)13-30)24(35)25(40-28(22)47-10-6-31(45)15-46-16-31)20-11-19(39)12-21(33)23(20)32(36,37)38/h11-12,18H,3-10,13-17,39H2,1-2H3/t18-,30+/m1/s1. The molecule has 0 bridgehead atoms. The maximum atomic E-state index is 16.9. The van der Waals surface area contributed by atoms with E-state index in [1.165, 1.54) is 0 Å². The van der Waals surface area contributed by atoms with Gasteiger partial charge in [0.2, 0.25) is 5.88 Å². The summed E-state index contributed by atoms with van der Waals surface area (Å²) in [5.41, 5.74) is 1.78. The molecule has 0 radical (unpaired) electrons. The molecule has 4 aliphatic rings. The molecule has 1 spiro atoms. The van der Waals surface area contributed by atoms with Gasteiger partial charge in [-0.25, -0.2) is 13.8 Å². The quantitative estimate of drug-likeness (QED) is 0.245. The number of nitrogens with two attached hydrogens (primary N) is 1. The average molecular weight is 698 g/mol. The largest absolute Gasteiger partial charge is 0.477 e. The molecule has 3 fully saturated rings. The van der Waals surface area contributed by atoms with Gasteiger partial charge in [0.1, 0.15) is 35.2 Å². The molecule has 16 heteroatoms. The third-order valence-electron chi connectivity index (χ3n) is 9.96. The molecule has 0 unspecified atom stereocenters. The van der Waals surface area contributed by atoms with E-state index in [2.05, 4.69) is 19.8 Å². The van der Waals surface area contributed by atoms with Gasteiger partial charge in [0.25, 0.3) is 0 Å². The van der Waals surface area contributed by atoms with Crippen LogP contribution in [0.4, 0.5) is 33.5 Å². The molecule has 7 rings (SSSR count). The second kappa shape index (κ2) is 12.3. The van der Waals surface area contributed by atoms with E-state index in [-0.39, 0.29) is 47.5 Å². The fraction of sp³-hybridized carbons (Fsp3) is 0.594. The van der Waals surface area contributed by atoms with E-state index in [0.717, 1.165) is 38.1 Å². The molecular weight excluding hydrogens is 661 g/mol. The van der Waals surface area contributed by atoms with Crippen LogP contribution in [0.1, 0.15) is 37.7 Å². The Morgan fingerprint density at radius 1 is 1.17 bits per heavy atom. The van der Waals surface area contributed by atoms with Gasteiger partial charge in [0, 0.05) is 37.2 Å². The molecule has 2 N–H and O–H groups in total. The smallest absolute Gasteiger partial charge is 0.418 e. The monoisotopic (exact) mass is 697 g/mol. The Kier molecular flexibility index (Phi) is 8.48. The minimum atomic E-state index is -4.96. The van der Waals surface area contributed by atoms with Gasteiger partial charge in [0.05, 0.1) is 41.5 Å². The molecule has 0 amide bonds. The van der Waals surface area contributed by atoms with Crippen molar-refractivity contribution >= 4 is 34.0 Å². The van der Waals surface area contributed by atoms with Gasteiger partial charge in [-0.05, 0) is 58.6 Å². The molecule has 2 aromatic heterocycles. The Bertz CT molecular complexity index is 1730. The van der Waals surface area contributed by atoms with Crippen molar-refractivity contribution in [3.63, 3.8) is 0 Å². The van der Waals surface area contributed by atoms with Gasteiger partial charge in [0.15, 0.2) is 5.82 Å². The molecule has 0 saturated carbocycles. The third kappa shape index (κ3) is 5.75. The van der Waals surface area contributed by atoms with Crippen LogP contribution in [0.15, 0.2) is 12.1 Å². The molecule has 10 nitrogen and oxygen atoms in total. The van der Waals surface area contributed by atoms with Crippen LogP contribution >= 0.6 is 11.6 Å². The SMILES string of the molecule is CN(C)CCCN1c2nc(OC[C@@]34CCCN3C[C@H](F)C4)nc3c(F)c(-c4cc(N)cc(Cl)c4C(F)(F)F)nc(c23)OCCC12COC2. The molecule has 3 saturated heterocycles. The second-order valence-corrected chi connectivity index (χ2v) is 14.0. The molecule has 0 aliphatic carbocycles. The number of nitrogens with zero attached hydrogens (tertiary/aromatic N) is 6. The van der Waals surface area contributed by atoms with Crippen molar-refractivity contribution < 1.29 is 36.2 Å². The van der Waals surface area contributed by atoms with Crippen LogP contribution in [0.25, 0.3) is 22.2 Å². The first-order valence-corrected chi connectivity index (χ1v) is 16.4. The van der Waals surface area contributed by atoms with Crippen molar-refractivity contribution in [2.45, 2.75) is 55.5 Å². The first-order chi connectivity index (χ1) is 22.8. The summed E-state index contributed by atoms with van der Waals surface area (Å²) >= 11 is 6.04. The summed E-state index contributed by atoms with van der Waals surface area (Å²) in [4.78, 5) is 19.8. The number of anilines is 2. The van der Waals surface area contributed by atoms with Gasteiger partial charge in [-0.3, -0.25) is 4.90 Å². The highest BCUT2D eigenvalue weighted by Gasteiger charge is 2.50. The van der Waals surface area contributed by atoms with Crippen LogP contribution in [-0.4, -0.2) is 109 Å². The highest BCUT2D eigenvalue weighted by Crippen LogP contribution is 2.48. The number of benzene rings is 1. The first-order valence-electron chi connectivity index (χ1n) is 16.0. The van der Waals surface area contributed by atoms with Gasteiger partial charge in [-0.1, -0.05) is 11.6 Å². The maximum Gasteiger partial charge on any atom is 0.418 e. The number of nitrogen functional groups attached to an aromatic ring is 1. The van der Waals surface area contributed by atoms with E-state index in [1.54, 1.807) is 0 Å². The lowest BCUT2D eigenvalue weighted by molar-refractivity contribution is -0.137. The first kappa shape index (κ1) is 33.2. The fourth-order valence-electron chi connectivity index (χ4n) is 7.62. The number of alkyl halides is 4. The number of halogens is 6. The maximum absolute atomic E-state index is 16.9. The van der Waals surface area contributed by atoms with E-state index < -0.39 is 51.1 Å². The number of fused-ring (bicyclic) bond motifs is 1. The Labute approximate surface area is 279 Å². The van der Waals surface area contributed by atoms with Crippen LogP contribution in [0.5, 0.6) is 11.9 Å². The van der Waals surface area contributed by atoms with Crippen LogP contribution in [0.2, 0.25) is 5.02 Å². The fourth-order valence-corrected chi connectivity index (χ4v) is 7.95. The normalized spacial score (nSPS) is 23.7. The lowest BCUT2D eigenvalue weighted by atomic mass is 9.89. The van der Waals surface area contributed by atoms with Crippen molar-refractivity contribution in [1.82, 2.24) is 24.8 Å². The predicted octanol–water partition coefficient (Wildman–Crippen LogP) is 5.35. The molecule has 2 atom stereocenters. The molecule has 3 aromatic rings. The summed E-state index contributed by atoms with van der Waals surface area (Å²) in [6, 6.07) is 1.76. The lowest BCUT2D eigenvalue weighted by Crippen LogP contribution is -2.64. The minimum Gasteiger partial charge on any atom is -0.477 e. The van der Waals surface area contributed by atoms with E-state index in [4.69, 9.17) is 36.5 Å². The Morgan fingerprint density at radius 3 is 2.67 bits per heavy atom. The van der Waals surface area contributed by atoms with E-state index in [1.807, 2.05) is 19.0 Å². The van der Waals surface area contributed by atoms with Crippen molar-refractivity contribution in [3.8, 4) is 23.1 Å². The van der Waals surface area contributed by atoms with Crippen LogP contribution in [-0.2, 0) is 10.9 Å². The van der Waals surface area contributed by atoms with Crippen LogP contribution in [0, 0.1) is 5.82 Å². The van der Waals surface area contributed by atoms with Gasteiger partial charge in [-0.15, -0.1) is 0 Å². The zero-order chi connectivity index (χ0) is 34.0. The van der Waals surface area contributed by atoms with Crippen molar-refractivity contribution in [1.29, 1.82) is 0 Å². The lowest BCUT2D eigenvalue weighted by Gasteiger charge is -2.51. The summed E-state index contributed by atoms with van der Waals surface area (Å²) in [7, 11) is 3.92. The summed E-state index contributed by atoms with van der Waals surface area (Å²) in [5.74, 6) is -0.989. The number of hydrogen-bond acceptors (Lipinski definition) is 10. The van der Waals surface area contributed by atoms with Crippen molar-refractivity contribution in [2.24, 2.45) is 0 Å².